The first-order valence-electron chi connectivity index (χ1n) is 8.77. The van der Waals surface area contributed by atoms with Gasteiger partial charge in [-0.05, 0) is 37.6 Å². The zero-order valence-corrected chi connectivity index (χ0v) is 15.0. The monoisotopic (exact) mass is 343 g/mol. The summed E-state index contributed by atoms with van der Waals surface area (Å²) in [5.41, 5.74) is 6.03. The summed E-state index contributed by atoms with van der Waals surface area (Å²) >= 11 is 0. The summed E-state index contributed by atoms with van der Waals surface area (Å²) in [5.74, 6) is 0.112. The number of carbonyl (C=O) groups excluding carboxylic acids is 1. The maximum absolute atomic E-state index is 12.9. The lowest BCUT2D eigenvalue weighted by Crippen LogP contribution is -2.11. The molecule has 4 heteroatoms. The number of para-hydroxylation sites is 2. The number of rotatable bonds is 5. The van der Waals surface area contributed by atoms with E-state index in [1.807, 2.05) is 60.0 Å². The molecule has 130 valence electrons. The Kier molecular flexibility index (Phi) is 4.17. The number of benzene rings is 2. The van der Waals surface area contributed by atoms with Crippen LogP contribution in [-0.2, 0) is 13.1 Å². The summed E-state index contributed by atoms with van der Waals surface area (Å²) in [5, 5.41) is 0. The molecule has 0 unspecified atom stereocenters. The highest BCUT2D eigenvalue weighted by atomic mass is 16.1. The van der Waals surface area contributed by atoms with E-state index in [1.165, 1.54) is 5.56 Å². The fraction of sp³-hybridized carbons (Fsp3) is 0.182. The topological polar surface area (TPSA) is 39.8 Å². The zero-order valence-electron chi connectivity index (χ0n) is 15.0. The summed E-state index contributed by atoms with van der Waals surface area (Å²) in [7, 11) is 0. The van der Waals surface area contributed by atoms with Crippen LogP contribution in [0, 0.1) is 13.8 Å². The SMILES string of the molecule is Cc1cc(C(=O)Cn2cnc3ccccc32)c(C)n1Cc1ccccc1. The molecular formula is C22H21N3O. The van der Waals surface area contributed by atoms with E-state index >= 15 is 0 Å². The Hall–Kier alpha value is -3.14. The molecule has 4 rings (SSSR count). The second-order valence-electron chi connectivity index (χ2n) is 6.64. The van der Waals surface area contributed by atoms with Crippen LogP contribution >= 0.6 is 0 Å². The van der Waals surface area contributed by atoms with Gasteiger partial charge in [0.05, 0.1) is 23.9 Å². The van der Waals surface area contributed by atoms with Gasteiger partial charge in [-0.15, -0.1) is 0 Å². The van der Waals surface area contributed by atoms with E-state index in [4.69, 9.17) is 0 Å². The first-order chi connectivity index (χ1) is 12.6. The third-order valence-corrected chi connectivity index (χ3v) is 4.90. The van der Waals surface area contributed by atoms with Gasteiger partial charge in [0.2, 0.25) is 0 Å². The molecule has 0 saturated heterocycles. The summed E-state index contributed by atoms with van der Waals surface area (Å²) in [4.78, 5) is 17.3. The van der Waals surface area contributed by atoms with Gasteiger partial charge in [-0.3, -0.25) is 4.79 Å². The average Bonchev–Trinajstić information content (AvgIpc) is 3.19. The number of ketones is 1. The smallest absolute Gasteiger partial charge is 0.184 e. The number of fused-ring (bicyclic) bond motifs is 1. The number of carbonyl (C=O) groups is 1. The molecule has 0 spiro atoms. The van der Waals surface area contributed by atoms with Gasteiger partial charge < -0.3 is 9.13 Å². The second-order valence-corrected chi connectivity index (χ2v) is 6.64. The number of hydrogen-bond donors (Lipinski definition) is 0. The summed E-state index contributed by atoms with van der Waals surface area (Å²) in [6, 6.07) is 20.2. The van der Waals surface area contributed by atoms with Gasteiger partial charge in [0.1, 0.15) is 0 Å². The van der Waals surface area contributed by atoms with Crippen molar-refractivity contribution >= 4 is 16.8 Å². The molecule has 0 amide bonds. The number of Topliss-reactive ketones (excluding diaryl/α,β-unsaturated/α-hetero) is 1. The maximum Gasteiger partial charge on any atom is 0.184 e. The molecular weight excluding hydrogens is 322 g/mol. The number of imidazole rings is 1. The molecule has 2 heterocycles. The second kappa shape index (κ2) is 6.64. The first kappa shape index (κ1) is 16.3. The Labute approximate surface area is 152 Å². The third kappa shape index (κ3) is 2.94. The van der Waals surface area contributed by atoms with Crippen LogP contribution in [0.2, 0.25) is 0 Å². The molecule has 4 aromatic rings. The van der Waals surface area contributed by atoms with Crippen molar-refractivity contribution in [2.24, 2.45) is 0 Å². The van der Waals surface area contributed by atoms with Gasteiger partial charge in [0, 0.05) is 23.5 Å². The van der Waals surface area contributed by atoms with Crippen molar-refractivity contribution in [2.45, 2.75) is 26.9 Å². The predicted molar refractivity (Wildman–Crippen MR) is 104 cm³/mol. The Morgan fingerprint density at radius 2 is 1.73 bits per heavy atom. The van der Waals surface area contributed by atoms with Gasteiger partial charge in [-0.25, -0.2) is 4.98 Å². The van der Waals surface area contributed by atoms with Gasteiger partial charge in [-0.1, -0.05) is 42.5 Å². The lowest BCUT2D eigenvalue weighted by molar-refractivity contribution is 0.0972. The molecule has 0 bridgehead atoms. The molecule has 0 aliphatic carbocycles. The minimum atomic E-state index is 0.112. The summed E-state index contributed by atoms with van der Waals surface area (Å²) in [6.07, 6.45) is 1.74. The van der Waals surface area contributed by atoms with Crippen molar-refractivity contribution in [3.8, 4) is 0 Å². The molecule has 0 radical (unpaired) electrons. The molecule has 0 atom stereocenters. The van der Waals surface area contributed by atoms with Crippen LogP contribution in [0.5, 0.6) is 0 Å². The van der Waals surface area contributed by atoms with Crippen molar-refractivity contribution in [1.82, 2.24) is 14.1 Å². The third-order valence-electron chi connectivity index (χ3n) is 4.90. The summed E-state index contributed by atoms with van der Waals surface area (Å²) < 4.78 is 4.12. The quantitative estimate of drug-likeness (QED) is 0.504. The van der Waals surface area contributed by atoms with Crippen LogP contribution in [0.1, 0.15) is 27.3 Å². The molecule has 0 aliphatic heterocycles. The molecule has 0 fully saturated rings. The Morgan fingerprint density at radius 1 is 1.00 bits per heavy atom. The van der Waals surface area contributed by atoms with Crippen LogP contribution in [-0.4, -0.2) is 19.9 Å². The number of aromatic nitrogens is 3. The average molecular weight is 343 g/mol. The Bertz CT molecular complexity index is 1070. The Balaban J connectivity index is 1.61. The first-order valence-corrected chi connectivity index (χ1v) is 8.77. The van der Waals surface area contributed by atoms with Gasteiger partial charge in [0.25, 0.3) is 0 Å². The minimum Gasteiger partial charge on any atom is -0.344 e. The summed E-state index contributed by atoms with van der Waals surface area (Å²) in [6.45, 7) is 5.16. The van der Waals surface area contributed by atoms with Gasteiger partial charge in [0.15, 0.2) is 5.78 Å². The molecule has 26 heavy (non-hydrogen) atoms. The van der Waals surface area contributed by atoms with Crippen molar-refractivity contribution in [1.29, 1.82) is 0 Å². The van der Waals surface area contributed by atoms with Crippen LogP contribution < -0.4 is 0 Å². The van der Waals surface area contributed by atoms with Crippen molar-refractivity contribution < 1.29 is 4.79 Å². The van der Waals surface area contributed by atoms with E-state index in [0.717, 1.165) is 34.5 Å². The lowest BCUT2D eigenvalue weighted by atomic mass is 10.1. The highest BCUT2D eigenvalue weighted by Gasteiger charge is 2.17. The molecule has 4 nitrogen and oxygen atoms in total. The van der Waals surface area contributed by atoms with Crippen LogP contribution in [0.3, 0.4) is 0 Å². The number of nitrogens with zero attached hydrogens (tertiary/aromatic N) is 3. The van der Waals surface area contributed by atoms with Crippen LogP contribution in [0.25, 0.3) is 11.0 Å². The van der Waals surface area contributed by atoms with Crippen molar-refractivity contribution in [2.75, 3.05) is 0 Å². The standard InChI is InChI=1S/C22H21N3O/c1-16-12-19(17(2)25(16)13-18-8-4-3-5-9-18)22(26)14-24-15-23-20-10-6-7-11-21(20)24/h3-12,15H,13-14H2,1-2H3. The van der Waals surface area contributed by atoms with Crippen LogP contribution in [0.15, 0.2) is 67.0 Å². The van der Waals surface area contributed by atoms with E-state index in [1.54, 1.807) is 6.33 Å². The van der Waals surface area contributed by atoms with E-state index in [9.17, 15) is 4.79 Å². The normalized spacial score (nSPS) is 11.2. The molecule has 2 aromatic carbocycles. The molecule has 0 N–H and O–H groups in total. The predicted octanol–water partition coefficient (Wildman–Crippen LogP) is 4.39. The minimum absolute atomic E-state index is 0.112. The van der Waals surface area contributed by atoms with E-state index < -0.39 is 0 Å². The van der Waals surface area contributed by atoms with E-state index in [0.29, 0.717) is 6.54 Å². The highest BCUT2D eigenvalue weighted by molar-refractivity contribution is 5.98. The van der Waals surface area contributed by atoms with E-state index in [-0.39, 0.29) is 5.78 Å². The fourth-order valence-electron chi connectivity index (χ4n) is 3.47. The molecule has 2 aromatic heterocycles. The molecule has 0 aliphatic rings. The lowest BCUT2D eigenvalue weighted by Gasteiger charge is -2.10. The van der Waals surface area contributed by atoms with Crippen LogP contribution in [0.4, 0.5) is 0 Å². The largest absolute Gasteiger partial charge is 0.344 e. The van der Waals surface area contributed by atoms with E-state index in [2.05, 4.69) is 28.6 Å². The van der Waals surface area contributed by atoms with Crippen molar-refractivity contribution in [3.05, 3.63) is 89.5 Å². The zero-order chi connectivity index (χ0) is 18.1. The highest BCUT2D eigenvalue weighted by Crippen LogP contribution is 2.19. The van der Waals surface area contributed by atoms with Crippen molar-refractivity contribution in [3.63, 3.8) is 0 Å². The van der Waals surface area contributed by atoms with Gasteiger partial charge >= 0.3 is 0 Å². The van der Waals surface area contributed by atoms with Gasteiger partial charge in [-0.2, -0.15) is 0 Å². The Morgan fingerprint density at radius 3 is 2.54 bits per heavy atom. The fourth-order valence-corrected chi connectivity index (χ4v) is 3.47. The molecule has 0 saturated carbocycles. The number of aryl methyl sites for hydroxylation is 1. The number of hydrogen-bond acceptors (Lipinski definition) is 2. The maximum atomic E-state index is 12.9.